The third-order valence-electron chi connectivity index (χ3n) is 4.84. The highest BCUT2D eigenvalue weighted by molar-refractivity contribution is 5.81. The maximum absolute atomic E-state index is 12.4. The van der Waals surface area contributed by atoms with Gasteiger partial charge >= 0.3 is 0 Å². The number of nitrogens with zero attached hydrogens (tertiary/aromatic N) is 2. The Balaban J connectivity index is 1.57. The van der Waals surface area contributed by atoms with Crippen molar-refractivity contribution in [3.05, 3.63) is 35.9 Å². The molecule has 0 bridgehead atoms. The molecule has 2 saturated heterocycles. The Kier molecular flexibility index (Phi) is 5.11. The Morgan fingerprint density at radius 3 is 2.55 bits per heavy atom. The largest absolute Gasteiger partial charge is 0.368 e. The van der Waals surface area contributed by atoms with Gasteiger partial charge in [0.1, 0.15) is 6.10 Å². The van der Waals surface area contributed by atoms with Crippen LogP contribution in [0.25, 0.3) is 0 Å². The van der Waals surface area contributed by atoms with E-state index in [2.05, 4.69) is 42.2 Å². The van der Waals surface area contributed by atoms with Crippen molar-refractivity contribution in [1.82, 2.24) is 9.80 Å². The van der Waals surface area contributed by atoms with Crippen LogP contribution in [0.4, 0.5) is 0 Å². The quantitative estimate of drug-likeness (QED) is 0.856. The molecule has 2 aliphatic heterocycles. The number of carbonyl (C=O) groups excluding carboxylic acids is 1. The molecule has 2 fully saturated rings. The number of ether oxygens (including phenoxy) is 1. The van der Waals surface area contributed by atoms with Crippen molar-refractivity contribution < 1.29 is 9.53 Å². The van der Waals surface area contributed by atoms with Crippen LogP contribution in [-0.4, -0.2) is 54.6 Å². The zero-order chi connectivity index (χ0) is 15.4. The van der Waals surface area contributed by atoms with Crippen molar-refractivity contribution in [1.29, 1.82) is 0 Å². The first-order valence-electron chi connectivity index (χ1n) is 8.49. The van der Waals surface area contributed by atoms with Crippen LogP contribution in [0, 0.1) is 0 Å². The van der Waals surface area contributed by atoms with Crippen LogP contribution in [0.5, 0.6) is 0 Å². The third kappa shape index (κ3) is 3.33. The predicted molar refractivity (Wildman–Crippen MR) is 86.6 cm³/mol. The first-order valence-corrected chi connectivity index (χ1v) is 8.49. The standard InChI is InChI=1S/C18H26N2O2/c1-2-16(15-7-4-3-5-8-15)19-10-12-20(13-11-19)18(21)17-9-6-14-22-17/h3-5,7-8,16-17H,2,6,9-14H2,1H3/t16-,17-/m1/s1. The number of piperazine rings is 1. The second-order valence-electron chi connectivity index (χ2n) is 6.20. The Bertz CT molecular complexity index is 477. The first-order chi connectivity index (χ1) is 10.8. The molecule has 0 unspecified atom stereocenters. The lowest BCUT2D eigenvalue weighted by molar-refractivity contribution is -0.143. The highest BCUT2D eigenvalue weighted by atomic mass is 16.5. The average molecular weight is 302 g/mol. The van der Waals surface area contributed by atoms with Crippen molar-refractivity contribution in [3.63, 3.8) is 0 Å². The SMILES string of the molecule is CC[C@H](c1ccccc1)N1CCN(C(=O)[C@H]2CCCO2)CC1. The molecule has 0 spiro atoms. The fourth-order valence-corrected chi connectivity index (χ4v) is 3.61. The lowest BCUT2D eigenvalue weighted by Crippen LogP contribution is -2.52. The number of benzene rings is 1. The van der Waals surface area contributed by atoms with Crippen molar-refractivity contribution in [3.8, 4) is 0 Å². The summed E-state index contributed by atoms with van der Waals surface area (Å²) >= 11 is 0. The summed E-state index contributed by atoms with van der Waals surface area (Å²) in [7, 11) is 0. The van der Waals surface area contributed by atoms with E-state index in [4.69, 9.17) is 4.74 Å². The fourth-order valence-electron chi connectivity index (χ4n) is 3.61. The molecule has 1 amide bonds. The van der Waals surface area contributed by atoms with Gasteiger partial charge in [-0.05, 0) is 24.8 Å². The van der Waals surface area contributed by atoms with Crippen LogP contribution in [0.1, 0.15) is 37.8 Å². The molecule has 0 N–H and O–H groups in total. The van der Waals surface area contributed by atoms with E-state index >= 15 is 0 Å². The van der Waals surface area contributed by atoms with Gasteiger partial charge in [0.2, 0.25) is 0 Å². The Morgan fingerprint density at radius 1 is 1.23 bits per heavy atom. The van der Waals surface area contributed by atoms with Gasteiger partial charge in [0, 0.05) is 38.8 Å². The molecule has 0 radical (unpaired) electrons. The number of carbonyl (C=O) groups is 1. The molecule has 0 aromatic heterocycles. The van der Waals surface area contributed by atoms with E-state index in [1.807, 2.05) is 4.90 Å². The van der Waals surface area contributed by atoms with Crippen molar-refractivity contribution in [2.45, 2.75) is 38.3 Å². The van der Waals surface area contributed by atoms with E-state index in [9.17, 15) is 4.79 Å². The molecule has 2 atom stereocenters. The first kappa shape index (κ1) is 15.5. The van der Waals surface area contributed by atoms with Crippen molar-refractivity contribution in [2.75, 3.05) is 32.8 Å². The molecule has 0 aliphatic carbocycles. The van der Waals surface area contributed by atoms with Crippen LogP contribution in [0.2, 0.25) is 0 Å². The third-order valence-corrected chi connectivity index (χ3v) is 4.84. The predicted octanol–water partition coefficient (Wildman–Crippen LogP) is 2.46. The highest BCUT2D eigenvalue weighted by Crippen LogP contribution is 2.25. The number of hydrogen-bond acceptors (Lipinski definition) is 3. The molecule has 22 heavy (non-hydrogen) atoms. The van der Waals surface area contributed by atoms with Crippen molar-refractivity contribution in [2.24, 2.45) is 0 Å². The van der Waals surface area contributed by atoms with Crippen LogP contribution < -0.4 is 0 Å². The molecule has 4 nitrogen and oxygen atoms in total. The highest BCUT2D eigenvalue weighted by Gasteiger charge is 2.31. The number of rotatable bonds is 4. The van der Waals surface area contributed by atoms with E-state index in [-0.39, 0.29) is 12.0 Å². The molecule has 2 heterocycles. The van der Waals surface area contributed by atoms with E-state index in [1.54, 1.807) is 0 Å². The van der Waals surface area contributed by atoms with Gasteiger partial charge in [-0.1, -0.05) is 37.3 Å². The second kappa shape index (κ2) is 7.25. The van der Waals surface area contributed by atoms with Gasteiger partial charge in [0.15, 0.2) is 0 Å². The van der Waals surface area contributed by atoms with E-state index in [0.717, 1.165) is 52.0 Å². The van der Waals surface area contributed by atoms with Crippen LogP contribution in [0.3, 0.4) is 0 Å². The van der Waals surface area contributed by atoms with Crippen LogP contribution >= 0.6 is 0 Å². The second-order valence-corrected chi connectivity index (χ2v) is 6.20. The topological polar surface area (TPSA) is 32.8 Å². The summed E-state index contributed by atoms with van der Waals surface area (Å²) in [5, 5.41) is 0. The van der Waals surface area contributed by atoms with Gasteiger partial charge in [-0.15, -0.1) is 0 Å². The summed E-state index contributed by atoms with van der Waals surface area (Å²) in [6.07, 6.45) is 2.83. The minimum atomic E-state index is -0.178. The molecule has 4 heteroatoms. The Labute approximate surface area is 133 Å². The van der Waals surface area contributed by atoms with Crippen LogP contribution in [0.15, 0.2) is 30.3 Å². The summed E-state index contributed by atoms with van der Waals surface area (Å²) < 4.78 is 5.53. The summed E-state index contributed by atoms with van der Waals surface area (Å²) in [5.41, 5.74) is 1.38. The lowest BCUT2D eigenvalue weighted by atomic mass is 10.0. The fraction of sp³-hybridized carbons (Fsp3) is 0.611. The van der Waals surface area contributed by atoms with Gasteiger partial charge < -0.3 is 9.64 Å². The normalized spacial score (nSPS) is 24.4. The summed E-state index contributed by atoms with van der Waals surface area (Å²) in [6, 6.07) is 11.1. The molecule has 120 valence electrons. The zero-order valence-electron chi connectivity index (χ0n) is 13.4. The smallest absolute Gasteiger partial charge is 0.251 e. The molecular weight excluding hydrogens is 276 g/mol. The van der Waals surface area contributed by atoms with E-state index in [1.165, 1.54) is 5.56 Å². The van der Waals surface area contributed by atoms with Gasteiger partial charge in [-0.3, -0.25) is 9.69 Å². The minimum Gasteiger partial charge on any atom is -0.368 e. The van der Waals surface area contributed by atoms with Gasteiger partial charge in [0.25, 0.3) is 5.91 Å². The molecule has 1 aromatic rings. The maximum atomic E-state index is 12.4. The van der Waals surface area contributed by atoms with Crippen molar-refractivity contribution >= 4 is 5.91 Å². The molecule has 3 rings (SSSR count). The molecule has 0 saturated carbocycles. The summed E-state index contributed by atoms with van der Waals surface area (Å²) in [6.45, 7) is 6.52. The molecule has 1 aromatic carbocycles. The summed E-state index contributed by atoms with van der Waals surface area (Å²) in [5.74, 6) is 0.199. The molecule has 2 aliphatic rings. The number of hydrogen-bond donors (Lipinski definition) is 0. The average Bonchev–Trinajstić information content (AvgIpc) is 3.11. The Hall–Kier alpha value is -1.39. The van der Waals surface area contributed by atoms with Gasteiger partial charge in [-0.25, -0.2) is 0 Å². The van der Waals surface area contributed by atoms with E-state index in [0.29, 0.717) is 6.04 Å². The number of amides is 1. The molecular formula is C18H26N2O2. The van der Waals surface area contributed by atoms with Gasteiger partial charge in [0.05, 0.1) is 0 Å². The summed E-state index contributed by atoms with van der Waals surface area (Å²) in [4.78, 5) is 16.9. The lowest BCUT2D eigenvalue weighted by Gasteiger charge is -2.39. The maximum Gasteiger partial charge on any atom is 0.251 e. The van der Waals surface area contributed by atoms with Crippen LogP contribution in [-0.2, 0) is 9.53 Å². The monoisotopic (exact) mass is 302 g/mol. The minimum absolute atomic E-state index is 0.178. The zero-order valence-corrected chi connectivity index (χ0v) is 13.4. The Morgan fingerprint density at radius 2 is 1.95 bits per heavy atom. The van der Waals surface area contributed by atoms with Gasteiger partial charge in [-0.2, -0.15) is 0 Å². The van der Waals surface area contributed by atoms with E-state index < -0.39 is 0 Å².